The number of aliphatic hydroxyl groups is 2. The summed E-state index contributed by atoms with van der Waals surface area (Å²) in [4.78, 5) is 22.0. The van der Waals surface area contributed by atoms with Crippen LogP contribution in [0.15, 0.2) is 11.8 Å². The zero-order valence-corrected chi connectivity index (χ0v) is 13.0. The van der Waals surface area contributed by atoms with E-state index in [-0.39, 0.29) is 26.4 Å². The van der Waals surface area contributed by atoms with Crippen LogP contribution in [0.5, 0.6) is 0 Å². The fourth-order valence-corrected chi connectivity index (χ4v) is 2.18. The zero-order chi connectivity index (χ0) is 18.4. The Labute approximate surface area is 141 Å². The summed E-state index contributed by atoms with van der Waals surface area (Å²) in [5.41, 5.74) is 0.379. The molecular formula is C14H17F3N2O6. The van der Waals surface area contributed by atoms with Crippen LogP contribution in [0.4, 0.5) is 13.2 Å². The second-order valence-corrected chi connectivity index (χ2v) is 5.27. The minimum atomic E-state index is -4.96. The standard InChI is InChI=1S/C14H17F3N2O6/c15-14(16,17)13(22)18-3-1-2-9-5-19(8-24-23-7-9)12-4-10(21)11(6-20)25-12/h5,10-12,20-21H,3-4,6-8H2,(H,18,22). The first-order valence-corrected chi connectivity index (χ1v) is 7.30. The maximum atomic E-state index is 12.0. The number of nitrogens with one attached hydrogen (secondary N) is 1. The first kappa shape index (κ1) is 19.5. The minimum Gasteiger partial charge on any atom is -0.394 e. The number of hydrogen-bond donors (Lipinski definition) is 3. The van der Waals surface area contributed by atoms with Crippen LogP contribution in [0, 0.1) is 11.8 Å². The molecule has 2 heterocycles. The van der Waals surface area contributed by atoms with Crippen LogP contribution in [0.3, 0.4) is 0 Å². The van der Waals surface area contributed by atoms with Crippen molar-refractivity contribution in [3.63, 3.8) is 0 Å². The molecule has 0 aromatic rings. The van der Waals surface area contributed by atoms with Gasteiger partial charge >= 0.3 is 12.1 Å². The van der Waals surface area contributed by atoms with E-state index in [1.807, 2.05) is 0 Å². The molecule has 3 atom stereocenters. The maximum absolute atomic E-state index is 12.0. The van der Waals surface area contributed by atoms with E-state index >= 15 is 0 Å². The van der Waals surface area contributed by atoms with Crippen molar-refractivity contribution in [2.75, 3.05) is 26.5 Å². The molecule has 1 saturated heterocycles. The quantitative estimate of drug-likeness (QED) is 0.446. The molecule has 3 unspecified atom stereocenters. The molecule has 3 N–H and O–H groups in total. The maximum Gasteiger partial charge on any atom is 0.471 e. The average molecular weight is 366 g/mol. The summed E-state index contributed by atoms with van der Waals surface area (Å²) in [6.07, 6.45) is -5.32. The van der Waals surface area contributed by atoms with Gasteiger partial charge in [0, 0.05) is 18.2 Å². The molecule has 0 aliphatic carbocycles. The molecule has 0 radical (unpaired) electrons. The molecule has 0 spiro atoms. The van der Waals surface area contributed by atoms with Crippen LogP contribution in [0.1, 0.15) is 6.42 Å². The summed E-state index contributed by atoms with van der Waals surface area (Å²) in [5, 5.41) is 20.5. The Bertz CT molecular complexity index is 571. The van der Waals surface area contributed by atoms with Crippen molar-refractivity contribution in [3.05, 3.63) is 11.8 Å². The van der Waals surface area contributed by atoms with Gasteiger partial charge in [0.25, 0.3) is 0 Å². The lowest BCUT2D eigenvalue weighted by Crippen LogP contribution is -2.36. The van der Waals surface area contributed by atoms with Crippen molar-refractivity contribution in [1.29, 1.82) is 0 Å². The molecule has 2 rings (SSSR count). The zero-order valence-electron chi connectivity index (χ0n) is 13.0. The predicted molar refractivity (Wildman–Crippen MR) is 75.0 cm³/mol. The molecule has 11 heteroatoms. The van der Waals surface area contributed by atoms with E-state index in [1.54, 1.807) is 10.2 Å². The molecule has 0 saturated carbocycles. The van der Waals surface area contributed by atoms with Gasteiger partial charge in [0.2, 0.25) is 0 Å². The Morgan fingerprint density at radius 1 is 1.44 bits per heavy atom. The second kappa shape index (κ2) is 8.50. The van der Waals surface area contributed by atoms with E-state index in [2.05, 4.69) is 11.8 Å². The third kappa shape index (κ3) is 5.58. The molecule has 8 nitrogen and oxygen atoms in total. The highest BCUT2D eigenvalue weighted by Crippen LogP contribution is 2.24. The Kier molecular flexibility index (Phi) is 6.63. The van der Waals surface area contributed by atoms with Crippen LogP contribution in [-0.4, -0.2) is 72.1 Å². The first-order chi connectivity index (χ1) is 11.8. The summed E-state index contributed by atoms with van der Waals surface area (Å²) in [7, 11) is 0. The fraction of sp³-hybridized carbons (Fsp3) is 0.643. The smallest absolute Gasteiger partial charge is 0.394 e. The highest BCUT2D eigenvalue weighted by Gasteiger charge is 2.38. The highest BCUT2D eigenvalue weighted by molar-refractivity contribution is 5.81. The van der Waals surface area contributed by atoms with Crippen molar-refractivity contribution >= 4 is 5.91 Å². The molecular weight excluding hydrogens is 349 g/mol. The Hall–Kier alpha value is -1.84. The normalized spacial score (nSPS) is 27.2. The van der Waals surface area contributed by atoms with Gasteiger partial charge < -0.3 is 25.2 Å². The number of rotatable bonds is 3. The van der Waals surface area contributed by atoms with Crippen molar-refractivity contribution in [2.45, 2.75) is 31.0 Å². The lowest BCUT2D eigenvalue weighted by atomic mass is 10.2. The summed E-state index contributed by atoms with van der Waals surface area (Å²) in [6, 6.07) is 0. The second-order valence-electron chi connectivity index (χ2n) is 5.27. The van der Waals surface area contributed by atoms with Gasteiger partial charge in [-0.15, -0.1) is 0 Å². The van der Waals surface area contributed by atoms with Crippen LogP contribution >= 0.6 is 0 Å². The molecule has 2 aliphatic heterocycles. The number of aliphatic hydroxyl groups excluding tert-OH is 2. The van der Waals surface area contributed by atoms with Crippen molar-refractivity contribution in [1.82, 2.24) is 10.2 Å². The van der Waals surface area contributed by atoms with Gasteiger partial charge in [-0.1, -0.05) is 11.8 Å². The van der Waals surface area contributed by atoms with Gasteiger partial charge in [0.1, 0.15) is 18.9 Å². The molecule has 1 fully saturated rings. The highest BCUT2D eigenvalue weighted by atomic mass is 19.4. The molecule has 0 aromatic heterocycles. The number of amides is 1. The van der Waals surface area contributed by atoms with Crippen molar-refractivity contribution in [3.8, 4) is 11.8 Å². The largest absolute Gasteiger partial charge is 0.471 e. The molecule has 1 amide bonds. The van der Waals surface area contributed by atoms with E-state index < -0.39 is 37.1 Å². The van der Waals surface area contributed by atoms with E-state index in [9.17, 15) is 23.1 Å². The van der Waals surface area contributed by atoms with Gasteiger partial charge in [0.15, 0.2) is 6.73 Å². The van der Waals surface area contributed by atoms with Gasteiger partial charge in [-0.2, -0.15) is 13.2 Å². The van der Waals surface area contributed by atoms with Crippen LogP contribution in [0.2, 0.25) is 0 Å². The van der Waals surface area contributed by atoms with Gasteiger partial charge in [0.05, 0.1) is 19.3 Å². The van der Waals surface area contributed by atoms with E-state index in [4.69, 9.17) is 19.6 Å². The number of carbonyl (C=O) groups excluding carboxylic acids is 1. The number of hydrogen-bond acceptors (Lipinski definition) is 7. The van der Waals surface area contributed by atoms with Crippen LogP contribution < -0.4 is 5.32 Å². The number of ether oxygens (including phenoxy) is 1. The Balaban J connectivity index is 1.95. The minimum absolute atomic E-state index is 0.0223. The summed E-state index contributed by atoms with van der Waals surface area (Å²) < 4.78 is 41.6. The molecule has 2 aliphatic rings. The van der Waals surface area contributed by atoms with Crippen LogP contribution in [-0.2, 0) is 19.3 Å². The molecule has 25 heavy (non-hydrogen) atoms. The van der Waals surface area contributed by atoms with Crippen molar-refractivity contribution < 1.29 is 42.7 Å². The molecule has 140 valence electrons. The Morgan fingerprint density at radius 3 is 2.84 bits per heavy atom. The molecule has 0 aromatic carbocycles. The predicted octanol–water partition coefficient (Wildman–Crippen LogP) is -0.758. The van der Waals surface area contributed by atoms with E-state index in [1.165, 1.54) is 6.20 Å². The number of nitrogens with zero attached hydrogens (tertiary/aromatic N) is 1. The van der Waals surface area contributed by atoms with Gasteiger partial charge in [-0.25, -0.2) is 9.78 Å². The number of carbonyl (C=O) groups is 1. The Morgan fingerprint density at radius 2 is 2.20 bits per heavy atom. The van der Waals surface area contributed by atoms with E-state index in [0.717, 1.165) is 0 Å². The summed E-state index contributed by atoms with van der Waals surface area (Å²) in [5.74, 6) is 2.89. The number of alkyl halides is 3. The third-order valence-corrected chi connectivity index (χ3v) is 3.42. The van der Waals surface area contributed by atoms with Gasteiger partial charge in [-0.3, -0.25) is 4.79 Å². The average Bonchev–Trinajstić information content (AvgIpc) is 2.77. The first-order valence-electron chi connectivity index (χ1n) is 7.30. The van der Waals surface area contributed by atoms with Gasteiger partial charge in [-0.05, 0) is 0 Å². The monoisotopic (exact) mass is 366 g/mol. The lowest BCUT2D eigenvalue weighted by Gasteiger charge is -2.24. The SMILES string of the molecule is O=C(NCC#CC1=CN(C2CC(O)C(CO)O2)COOC1)C(F)(F)F. The fourth-order valence-electron chi connectivity index (χ4n) is 2.18. The summed E-state index contributed by atoms with van der Waals surface area (Å²) in [6.45, 7) is -0.888. The van der Waals surface area contributed by atoms with Crippen LogP contribution in [0.25, 0.3) is 0 Å². The van der Waals surface area contributed by atoms with E-state index in [0.29, 0.717) is 5.57 Å². The number of halogens is 3. The topological polar surface area (TPSA) is 100 Å². The lowest BCUT2D eigenvalue weighted by molar-refractivity contribution is -0.308. The van der Waals surface area contributed by atoms with Crippen molar-refractivity contribution in [2.24, 2.45) is 0 Å². The molecule has 0 bridgehead atoms. The third-order valence-electron chi connectivity index (χ3n) is 3.42. The summed E-state index contributed by atoms with van der Waals surface area (Å²) >= 11 is 0.